The van der Waals surface area contributed by atoms with Crippen molar-refractivity contribution in [3.8, 4) is 0 Å². The lowest BCUT2D eigenvalue weighted by Gasteiger charge is -2.18. The minimum atomic E-state index is -0.723. The van der Waals surface area contributed by atoms with Gasteiger partial charge in [0, 0.05) is 30.5 Å². The molecule has 1 aliphatic heterocycles. The summed E-state index contributed by atoms with van der Waals surface area (Å²) in [6, 6.07) is 4.38. The SMILES string of the molecule is [2H]C[C@H]1O[C@@H](n2cc(C)c(=O)[nH]c2=O)C[C@H]1OCOC(C)c1cc(CN=[N+]=[N-])ccc1[N+](=O)[O-]. The van der Waals surface area contributed by atoms with Crippen molar-refractivity contribution in [2.45, 2.75) is 58.3 Å². The summed E-state index contributed by atoms with van der Waals surface area (Å²) in [7, 11) is 0. The van der Waals surface area contributed by atoms with E-state index in [1.807, 2.05) is 0 Å². The van der Waals surface area contributed by atoms with Crippen LogP contribution in [0.4, 0.5) is 5.69 Å². The minimum Gasteiger partial charge on any atom is -0.352 e. The molecule has 13 heteroatoms. The Hall–Kier alpha value is -3.51. The Kier molecular flexibility index (Phi) is 7.15. The fourth-order valence-corrected chi connectivity index (χ4v) is 3.48. The average molecular weight is 461 g/mol. The van der Waals surface area contributed by atoms with Gasteiger partial charge < -0.3 is 14.2 Å². The van der Waals surface area contributed by atoms with Gasteiger partial charge in [-0.1, -0.05) is 11.2 Å². The minimum absolute atomic E-state index is 0.0420. The second kappa shape index (κ2) is 10.4. The van der Waals surface area contributed by atoms with Crippen molar-refractivity contribution < 1.29 is 20.5 Å². The van der Waals surface area contributed by atoms with Crippen LogP contribution in [0.1, 0.15) is 50.6 Å². The molecule has 176 valence electrons. The van der Waals surface area contributed by atoms with E-state index in [-0.39, 0.29) is 32.3 Å². The number of aromatic amines is 1. The maximum Gasteiger partial charge on any atom is 0.330 e. The number of hydrogen-bond donors (Lipinski definition) is 1. The van der Waals surface area contributed by atoms with Crippen molar-refractivity contribution in [3.05, 3.63) is 82.5 Å². The number of H-pyrrole nitrogens is 1. The van der Waals surface area contributed by atoms with Gasteiger partial charge in [0.05, 0.1) is 35.3 Å². The van der Waals surface area contributed by atoms with E-state index in [1.165, 1.54) is 22.9 Å². The Bertz CT molecular complexity index is 1210. The number of nitro benzene ring substituents is 1. The predicted molar refractivity (Wildman–Crippen MR) is 115 cm³/mol. The summed E-state index contributed by atoms with van der Waals surface area (Å²) in [4.78, 5) is 39.6. The van der Waals surface area contributed by atoms with Crippen LogP contribution in [0.15, 0.2) is 39.1 Å². The molecular formula is C20H24N6O7. The molecule has 13 nitrogen and oxygen atoms in total. The van der Waals surface area contributed by atoms with Crippen molar-refractivity contribution in [3.63, 3.8) is 0 Å². The Labute approximate surface area is 189 Å². The molecule has 0 amide bonds. The average Bonchev–Trinajstić information content (AvgIpc) is 3.22. The van der Waals surface area contributed by atoms with E-state index < -0.39 is 40.7 Å². The molecule has 0 aliphatic carbocycles. The highest BCUT2D eigenvalue weighted by molar-refractivity contribution is 5.44. The zero-order chi connectivity index (χ0) is 24.8. The van der Waals surface area contributed by atoms with Gasteiger partial charge in [-0.15, -0.1) is 0 Å². The second-order valence-electron chi connectivity index (χ2n) is 7.51. The molecule has 4 atom stereocenters. The lowest BCUT2D eigenvalue weighted by Crippen LogP contribution is -2.33. The zero-order valence-electron chi connectivity index (χ0n) is 19.0. The number of azide groups is 1. The lowest BCUT2D eigenvalue weighted by molar-refractivity contribution is -0.386. The third-order valence-electron chi connectivity index (χ3n) is 5.28. The third-order valence-corrected chi connectivity index (χ3v) is 5.28. The van der Waals surface area contributed by atoms with Crippen molar-refractivity contribution in [2.24, 2.45) is 5.11 Å². The first kappa shape index (κ1) is 22.7. The van der Waals surface area contributed by atoms with Crippen LogP contribution in [0, 0.1) is 17.0 Å². The molecule has 1 aromatic heterocycles. The number of benzene rings is 1. The molecule has 1 aromatic carbocycles. The molecule has 2 heterocycles. The van der Waals surface area contributed by atoms with E-state index in [1.54, 1.807) is 19.9 Å². The fraction of sp³-hybridized carbons (Fsp3) is 0.500. The summed E-state index contributed by atoms with van der Waals surface area (Å²) in [5.41, 5.74) is 8.49. The molecule has 3 rings (SSSR count). The molecule has 0 saturated carbocycles. The van der Waals surface area contributed by atoms with Gasteiger partial charge in [0.1, 0.15) is 13.0 Å². The monoisotopic (exact) mass is 461 g/mol. The smallest absolute Gasteiger partial charge is 0.330 e. The summed E-state index contributed by atoms with van der Waals surface area (Å²) >= 11 is 0. The van der Waals surface area contributed by atoms with Crippen molar-refractivity contribution in [2.75, 3.05) is 6.79 Å². The first-order valence-corrected chi connectivity index (χ1v) is 10.0. The van der Waals surface area contributed by atoms with Crippen LogP contribution in [0.25, 0.3) is 10.4 Å². The van der Waals surface area contributed by atoms with Gasteiger partial charge >= 0.3 is 5.69 Å². The van der Waals surface area contributed by atoms with Gasteiger partial charge in [0.15, 0.2) is 0 Å². The molecule has 2 aromatic rings. The highest BCUT2D eigenvalue weighted by Crippen LogP contribution is 2.31. The molecule has 33 heavy (non-hydrogen) atoms. The number of aromatic nitrogens is 2. The van der Waals surface area contributed by atoms with Crippen molar-refractivity contribution in [1.82, 2.24) is 9.55 Å². The summed E-state index contributed by atoms with van der Waals surface area (Å²) < 4.78 is 26.2. The van der Waals surface area contributed by atoms with Crippen molar-refractivity contribution in [1.29, 1.82) is 0 Å². The standard InChI is InChI=1S/C20H24N6O7/c1-11-9-25(20(28)23-19(11)27)18-7-17(13(3)33-18)32-10-31-12(2)15-6-14(8-22-24-21)4-5-16(15)26(29)30/h4-6,9,12-13,17-18H,7-8,10H2,1-3H3,(H,23,27,28)/t12?,13-,17-,18-/m1/s1/i3D. The van der Waals surface area contributed by atoms with Crippen LogP contribution >= 0.6 is 0 Å². The molecule has 1 fully saturated rings. The summed E-state index contributed by atoms with van der Waals surface area (Å²) in [5, 5.41) is 14.9. The molecule has 0 spiro atoms. The largest absolute Gasteiger partial charge is 0.352 e. The normalized spacial score (nSPS) is 21.3. The molecule has 1 N–H and O–H groups in total. The quantitative estimate of drug-likeness (QED) is 0.149. The summed E-state index contributed by atoms with van der Waals surface area (Å²) in [6.07, 6.45) is -1.00. The molecule has 1 unspecified atom stereocenters. The van der Waals surface area contributed by atoms with Crippen LogP contribution in [0.2, 0.25) is 0 Å². The van der Waals surface area contributed by atoms with Gasteiger partial charge in [-0.05, 0) is 37.9 Å². The van der Waals surface area contributed by atoms with E-state index in [9.17, 15) is 19.7 Å². The van der Waals surface area contributed by atoms with Crippen molar-refractivity contribution >= 4 is 5.69 Å². The van der Waals surface area contributed by atoms with Gasteiger partial charge in [0.25, 0.3) is 11.2 Å². The van der Waals surface area contributed by atoms with E-state index >= 15 is 0 Å². The fourth-order valence-electron chi connectivity index (χ4n) is 3.48. The van der Waals surface area contributed by atoms with Gasteiger partial charge in [-0.3, -0.25) is 24.5 Å². The number of aryl methyl sites for hydroxylation is 1. The number of nitrogens with one attached hydrogen (secondary N) is 1. The third kappa shape index (κ3) is 5.65. The van der Waals surface area contributed by atoms with Gasteiger partial charge in [0.2, 0.25) is 0 Å². The van der Waals surface area contributed by atoms with E-state index in [0.717, 1.165) is 0 Å². The molecule has 0 radical (unpaired) electrons. The maximum atomic E-state index is 12.2. The van der Waals surface area contributed by atoms with Gasteiger partial charge in [-0.2, -0.15) is 0 Å². The van der Waals surface area contributed by atoms with Crippen LogP contribution in [0.3, 0.4) is 0 Å². The Morgan fingerprint density at radius 3 is 3.00 bits per heavy atom. The second-order valence-corrected chi connectivity index (χ2v) is 7.51. The topological polar surface area (TPSA) is 174 Å². The number of nitro groups is 1. The molecular weight excluding hydrogens is 436 g/mol. The van der Waals surface area contributed by atoms with Crippen LogP contribution in [-0.2, 0) is 20.8 Å². The first-order chi connectivity index (χ1) is 16.2. The number of rotatable bonds is 9. The number of ether oxygens (including phenoxy) is 3. The van der Waals surface area contributed by atoms with Crippen LogP contribution in [-0.4, -0.2) is 33.5 Å². The zero-order valence-corrected chi connectivity index (χ0v) is 18.0. The molecule has 1 saturated heterocycles. The number of hydrogen-bond acceptors (Lipinski definition) is 8. The van der Waals surface area contributed by atoms with E-state index in [4.69, 9.17) is 21.1 Å². The highest BCUT2D eigenvalue weighted by atomic mass is 16.7. The highest BCUT2D eigenvalue weighted by Gasteiger charge is 2.35. The molecule has 0 bridgehead atoms. The van der Waals surface area contributed by atoms with Crippen LogP contribution in [0.5, 0.6) is 0 Å². The Morgan fingerprint density at radius 2 is 2.30 bits per heavy atom. The number of nitrogens with zero attached hydrogens (tertiary/aromatic N) is 5. The first-order valence-electron chi connectivity index (χ1n) is 10.7. The Morgan fingerprint density at radius 1 is 1.52 bits per heavy atom. The maximum absolute atomic E-state index is 12.2. The Balaban J connectivity index is 1.67. The summed E-state index contributed by atoms with van der Waals surface area (Å²) in [5.74, 6) is 0. The molecule has 1 aliphatic rings. The van der Waals surface area contributed by atoms with E-state index in [2.05, 4.69) is 15.0 Å². The van der Waals surface area contributed by atoms with Gasteiger partial charge in [-0.25, -0.2) is 4.79 Å². The van der Waals surface area contributed by atoms with Crippen LogP contribution < -0.4 is 11.2 Å². The summed E-state index contributed by atoms with van der Waals surface area (Å²) in [6.45, 7) is 2.87. The van der Waals surface area contributed by atoms with E-state index in [0.29, 0.717) is 16.7 Å². The lowest BCUT2D eigenvalue weighted by atomic mass is 10.0. The predicted octanol–water partition coefficient (Wildman–Crippen LogP) is 2.99.